The third kappa shape index (κ3) is 3.82. The fourth-order valence-corrected chi connectivity index (χ4v) is 3.69. The molecule has 1 fully saturated rings. The van der Waals surface area contributed by atoms with Crippen molar-refractivity contribution in [2.24, 2.45) is 0 Å². The molecule has 0 aliphatic carbocycles. The van der Waals surface area contributed by atoms with Gasteiger partial charge in [0.1, 0.15) is 4.32 Å². The van der Waals surface area contributed by atoms with Crippen molar-refractivity contribution >= 4 is 46.3 Å². The lowest BCUT2D eigenvalue weighted by molar-refractivity contribution is -0.310. The fourth-order valence-electron chi connectivity index (χ4n) is 2.33. The predicted octanol–water partition coefficient (Wildman–Crippen LogP) is 2.54. The number of hydrogen-bond donors (Lipinski definition) is 0. The molecular weight excluding hydrogens is 330 g/mol. The smallest absolute Gasteiger partial charge is 0.266 e. The SMILES string of the molecule is CC[C@@H](C(=O)[O-])N1C(=O)/C(=C/c2ccc(C(C)C)cc2)SC1=S. The van der Waals surface area contributed by atoms with Crippen molar-refractivity contribution in [3.05, 3.63) is 40.3 Å². The second-order valence-corrected chi connectivity index (χ2v) is 7.29. The van der Waals surface area contributed by atoms with Crippen LogP contribution < -0.4 is 5.11 Å². The van der Waals surface area contributed by atoms with Crippen LogP contribution >= 0.6 is 24.0 Å². The highest BCUT2D eigenvalue weighted by Gasteiger charge is 2.36. The summed E-state index contributed by atoms with van der Waals surface area (Å²) in [6.07, 6.45) is 2.00. The molecule has 1 aliphatic heterocycles. The van der Waals surface area contributed by atoms with Crippen molar-refractivity contribution in [1.82, 2.24) is 4.90 Å². The summed E-state index contributed by atoms with van der Waals surface area (Å²) in [5.74, 6) is -1.22. The average molecular weight is 348 g/mol. The third-order valence-corrected chi connectivity index (χ3v) is 5.03. The second kappa shape index (κ2) is 7.27. The highest BCUT2D eigenvalue weighted by molar-refractivity contribution is 8.26. The molecule has 0 N–H and O–H groups in total. The summed E-state index contributed by atoms with van der Waals surface area (Å²) in [6, 6.07) is 6.91. The first-order valence-electron chi connectivity index (χ1n) is 7.43. The van der Waals surface area contributed by atoms with E-state index in [0.29, 0.717) is 10.8 Å². The maximum atomic E-state index is 12.5. The van der Waals surface area contributed by atoms with E-state index in [1.165, 1.54) is 5.56 Å². The van der Waals surface area contributed by atoms with Crippen molar-refractivity contribution in [1.29, 1.82) is 0 Å². The van der Waals surface area contributed by atoms with Gasteiger partial charge in [-0.25, -0.2) is 0 Å². The summed E-state index contributed by atoms with van der Waals surface area (Å²) in [5, 5.41) is 11.2. The number of aliphatic carboxylic acids is 1. The zero-order chi connectivity index (χ0) is 17.1. The lowest BCUT2D eigenvalue weighted by Crippen LogP contribution is -2.49. The first-order chi connectivity index (χ1) is 10.8. The van der Waals surface area contributed by atoms with E-state index < -0.39 is 12.0 Å². The lowest BCUT2D eigenvalue weighted by atomic mass is 10.0. The zero-order valence-electron chi connectivity index (χ0n) is 13.2. The van der Waals surface area contributed by atoms with Crippen LogP contribution in [0.4, 0.5) is 0 Å². The minimum absolute atomic E-state index is 0.255. The molecule has 0 bridgehead atoms. The number of thiocarbonyl (C=S) groups is 1. The number of rotatable bonds is 5. The first kappa shape index (κ1) is 17.7. The van der Waals surface area contributed by atoms with Crippen LogP contribution in [0.1, 0.15) is 44.2 Å². The zero-order valence-corrected chi connectivity index (χ0v) is 14.9. The van der Waals surface area contributed by atoms with Gasteiger partial charge in [-0.05, 0) is 29.5 Å². The second-order valence-electron chi connectivity index (χ2n) is 5.62. The van der Waals surface area contributed by atoms with Crippen molar-refractivity contribution in [2.45, 2.75) is 39.2 Å². The van der Waals surface area contributed by atoms with Crippen LogP contribution in [0.5, 0.6) is 0 Å². The quantitative estimate of drug-likeness (QED) is 0.604. The van der Waals surface area contributed by atoms with Gasteiger partial charge in [-0.2, -0.15) is 0 Å². The van der Waals surface area contributed by atoms with E-state index in [-0.39, 0.29) is 16.6 Å². The third-order valence-electron chi connectivity index (χ3n) is 3.69. The summed E-state index contributed by atoms with van der Waals surface area (Å²) < 4.78 is 0.260. The maximum Gasteiger partial charge on any atom is 0.266 e. The Balaban J connectivity index is 2.26. The summed E-state index contributed by atoms with van der Waals surface area (Å²) in [6.45, 7) is 5.92. The van der Waals surface area contributed by atoms with Gasteiger partial charge < -0.3 is 9.90 Å². The van der Waals surface area contributed by atoms with E-state index in [0.717, 1.165) is 22.2 Å². The standard InChI is InChI=1S/C17H19NO3S2/c1-4-13(16(20)21)18-15(19)14(23-17(18)22)9-11-5-7-12(8-6-11)10(2)3/h5-10,13H,4H2,1-3H3,(H,20,21)/p-1/b14-9-/t13-/m0/s1. The van der Waals surface area contributed by atoms with Gasteiger partial charge in [0.15, 0.2) is 0 Å². The van der Waals surface area contributed by atoms with E-state index >= 15 is 0 Å². The largest absolute Gasteiger partial charge is 0.548 e. The molecule has 1 saturated heterocycles. The Labute approximate surface area is 145 Å². The van der Waals surface area contributed by atoms with Gasteiger partial charge in [-0.15, -0.1) is 0 Å². The Morgan fingerprint density at radius 1 is 1.35 bits per heavy atom. The van der Waals surface area contributed by atoms with E-state index in [1.807, 2.05) is 24.3 Å². The molecule has 1 heterocycles. The van der Waals surface area contributed by atoms with Crippen LogP contribution in [0.25, 0.3) is 6.08 Å². The molecule has 2 rings (SSSR count). The van der Waals surface area contributed by atoms with Crippen LogP contribution in [0.2, 0.25) is 0 Å². The average Bonchev–Trinajstić information content (AvgIpc) is 2.76. The number of carboxylic acid groups (broad SMARTS) is 1. The fraction of sp³-hybridized carbons (Fsp3) is 0.353. The lowest BCUT2D eigenvalue weighted by Gasteiger charge is -2.26. The molecule has 0 spiro atoms. The van der Waals surface area contributed by atoms with Crippen LogP contribution in [-0.2, 0) is 9.59 Å². The van der Waals surface area contributed by atoms with Gasteiger partial charge in [0.05, 0.1) is 16.9 Å². The number of carbonyl (C=O) groups excluding carboxylic acids is 2. The molecule has 1 aliphatic rings. The van der Waals surface area contributed by atoms with E-state index in [9.17, 15) is 14.7 Å². The number of amides is 1. The molecule has 4 nitrogen and oxygen atoms in total. The van der Waals surface area contributed by atoms with Crippen molar-refractivity contribution < 1.29 is 14.7 Å². The number of carboxylic acids is 1. The van der Waals surface area contributed by atoms with Crippen LogP contribution in [-0.4, -0.2) is 27.1 Å². The van der Waals surface area contributed by atoms with E-state index in [1.54, 1.807) is 13.0 Å². The summed E-state index contributed by atoms with van der Waals surface area (Å²) in [4.78, 5) is 25.2. The van der Waals surface area contributed by atoms with Crippen molar-refractivity contribution in [2.75, 3.05) is 0 Å². The molecule has 23 heavy (non-hydrogen) atoms. The van der Waals surface area contributed by atoms with Gasteiger partial charge in [-0.1, -0.05) is 69.0 Å². The number of hydrogen-bond acceptors (Lipinski definition) is 5. The van der Waals surface area contributed by atoms with Crippen molar-refractivity contribution in [3.63, 3.8) is 0 Å². The van der Waals surface area contributed by atoms with Gasteiger partial charge in [0.25, 0.3) is 5.91 Å². The van der Waals surface area contributed by atoms with Gasteiger partial charge in [-0.3, -0.25) is 9.69 Å². The van der Waals surface area contributed by atoms with Crippen LogP contribution in [0, 0.1) is 0 Å². The Morgan fingerprint density at radius 3 is 2.43 bits per heavy atom. The molecule has 0 unspecified atom stereocenters. The van der Waals surface area contributed by atoms with Crippen LogP contribution in [0.15, 0.2) is 29.2 Å². The van der Waals surface area contributed by atoms with Gasteiger partial charge >= 0.3 is 0 Å². The van der Waals surface area contributed by atoms with E-state index in [4.69, 9.17) is 12.2 Å². The summed E-state index contributed by atoms with van der Waals surface area (Å²) in [7, 11) is 0. The first-order valence-corrected chi connectivity index (χ1v) is 8.65. The molecule has 122 valence electrons. The molecule has 1 amide bonds. The summed E-state index contributed by atoms with van der Waals surface area (Å²) >= 11 is 6.29. The number of benzene rings is 1. The molecule has 0 aromatic heterocycles. The monoisotopic (exact) mass is 348 g/mol. The summed E-state index contributed by atoms with van der Waals surface area (Å²) in [5.41, 5.74) is 2.11. The normalized spacial score (nSPS) is 18.1. The molecule has 6 heteroatoms. The van der Waals surface area contributed by atoms with Crippen LogP contribution in [0.3, 0.4) is 0 Å². The number of nitrogens with zero attached hydrogens (tertiary/aromatic N) is 1. The van der Waals surface area contributed by atoms with Crippen molar-refractivity contribution in [3.8, 4) is 0 Å². The molecule has 1 aromatic carbocycles. The highest BCUT2D eigenvalue weighted by Crippen LogP contribution is 2.34. The minimum Gasteiger partial charge on any atom is -0.548 e. The number of thioether (sulfide) groups is 1. The number of carbonyl (C=O) groups is 2. The van der Waals surface area contributed by atoms with Gasteiger partial charge in [0.2, 0.25) is 0 Å². The Hall–Kier alpha value is -1.66. The van der Waals surface area contributed by atoms with E-state index in [2.05, 4.69) is 13.8 Å². The highest BCUT2D eigenvalue weighted by atomic mass is 32.2. The topological polar surface area (TPSA) is 60.4 Å². The predicted molar refractivity (Wildman–Crippen MR) is 94.6 cm³/mol. The molecule has 1 aromatic rings. The molecule has 0 radical (unpaired) electrons. The Bertz CT molecular complexity index is 665. The minimum atomic E-state index is -1.29. The Morgan fingerprint density at radius 2 is 1.96 bits per heavy atom. The Kier molecular flexibility index (Phi) is 5.59. The molecule has 1 atom stereocenters. The maximum absolute atomic E-state index is 12.5. The molecular formula is C17H18NO3S2-. The van der Waals surface area contributed by atoms with Gasteiger partial charge in [0, 0.05) is 0 Å². The molecule has 0 saturated carbocycles.